The maximum Gasteiger partial charge on any atom is 0.211 e. The van der Waals surface area contributed by atoms with Crippen LogP contribution in [0, 0.1) is 0 Å². The van der Waals surface area contributed by atoms with Gasteiger partial charge >= 0.3 is 0 Å². The topological polar surface area (TPSA) is 40.5 Å². The maximum atomic E-state index is 10.4. The Labute approximate surface area is 68.0 Å². The van der Waals surface area contributed by atoms with Crippen LogP contribution in [-0.4, -0.2) is 29.2 Å². The Balaban J connectivity index is 3.65. The van der Waals surface area contributed by atoms with Crippen molar-refractivity contribution in [2.75, 3.05) is 6.54 Å². The molecule has 1 atom stereocenters. The molecule has 0 bridgehead atoms. The average Bonchev–Trinajstić information content (AvgIpc) is 2.05. The molecule has 0 saturated heterocycles. The molecule has 11 heavy (non-hydrogen) atoms. The van der Waals surface area contributed by atoms with Crippen molar-refractivity contribution in [3.05, 3.63) is 0 Å². The molecule has 0 heterocycles. The zero-order chi connectivity index (χ0) is 8.69. The molecule has 0 aliphatic rings. The minimum Gasteiger partial charge on any atom is -0.374 e. The Morgan fingerprint density at radius 3 is 2.55 bits per heavy atom. The molecule has 3 heteroatoms. The summed E-state index contributed by atoms with van der Waals surface area (Å²) in [4.78, 5) is 11.8. The lowest BCUT2D eigenvalue weighted by molar-refractivity contribution is -0.127. The highest BCUT2D eigenvalue weighted by atomic mass is 16.3. The number of carbonyl (C=O) groups is 1. The molecule has 0 rings (SSSR count). The van der Waals surface area contributed by atoms with Crippen molar-refractivity contribution in [2.45, 2.75) is 39.3 Å². The van der Waals surface area contributed by atoms with Crippen LogP contribution in [0.2, 0.25) is 0 Å². The molecule has 0 aliphatic carbocycles. The van der Waals surface area contributed by atoms with E-state index in [1.807, 2.05) is 6.92 Å². The average molecular weight is 159 g/mol. The fraction of sp³-hybridized carbons (Fsp3) is 0.875. The lowest BCUT2D eigenvalue weighted by Crippen LogP contribution is -2.34. The number of amides is 1. The first-order valence-corrected chi connectivity index (χ1v) is 4.15. The van der Waals surface area contributed by atoms with Gasteiger partial charge in [-0.25, -0.2) is 0 Å². The Morgan fingerprint density at radius 1 is 1.55 bits per heavy atom. The van der Waals surface area contributed by atoms with Crippen LogP contribution in [0.4, 0.5) is 0 Å². The molecule has 1 amide bonds. The van der Waals surface area contributed by atoms with Gasteiger partial charge in [0, 0.05) is 6.54 Å². The predicted octanol–water partition coefficient (Wildman–Crippen LogP) is 0.973. The zero-order valence-corrected chi connectivity index (χ0v) is 7.29. The van der Waals surface area contributed by atoms with E-state index in [9.17, 15) is 9.90 Å². The molecule has 0 saturated carbocycles. The second-order valence-electron chi connectivity index (χ2n) is 2.59. The van der Waals surface area contributed by atoms with Crippen LogP contribution in [0.1, 0.15) is 33.1 Å². The van der Waals surface area contributed by atoms with Crippen LogP contribution in [0.25, 0.3) is 0 Å². The molecule has 0 aromatic heterocycles. The van der Waals surface area contributed by atoms with Crippen molar-refractivity contribution in [3.8, 4) is 0 Å². The van der Waals surface area contributed by atoms with Crippen LogP contribution in [0.3, 0.4) is 0 Å². The highest BCUT2D eigenvalue weighted by Gasteiger charge is 2.08. The monoisotopic (exact) mass is 159 g/mol. The second-order valence-corrected chi connectivity index (χ2v) is 2.59. The van der Waals surface area contributed by atoms with Gasteiger partial charge in [-0.05, 0) is 12.8 Å². The van der Waals surface area contributed by atoms with Gasteiger partial charge in [0.05, 0.1) is 0 Å². The van der Waals surface area contributed by atoms with E-state index in [1.165, 1.54) is 4.90 Å². The van der Waals surface area contributed by atoms with Crippen molar-refractivity contribution in [3.63, 3.8) is 0 Å². The van der Waals surface area contributed by atoms with Gasteiger partial charge in [0.25, 0.3) is 0 Å². The summed E-state index contributed by atoms with van der Waals surface area (Å²) in [5, 5.41) is 9.24. The number of hydrogen-bond acceptors (Lipinski definition) is 2. The predicted molar refractivity (Wildman–Crippen MR) is 44.0 cm³/mol. The number of aliphatic hydroxyl groups is 1. The van der Waals surface area contributed by atoms with Crippen molar-refractivity contribution in [1.82, 2.24) is 4.90 Å². The van der Waals surface area contributed by atoms with Gasteiger partial charge in [-0.1, -0.05) is 20.3 Å². The molecule has 0 fully saturated rings. The van der Waals surface area contributed by atoms with Gasteiger partial charge in [0.1, 0.15) is 6.23 Å². The summed E-state index contributed by atoms with van der Waals surface area (Å²) in [6.45, 7) is 4.57. The third-order valence-electron chi connectivity index (χ3n) is 1.65. The van der Waals surface area contributed by atoms with Crippen LogP contribution in [-0.2, 0) is 4.79 Å². The fourth-order valence-corrected chi connectivity index (χ4v) is 0.847. The normalized spacial score (nSPS) is 12.6. The third kappa shape index (κ3) is 3.98. The van der Waals surface area contributed by atoms with E-state index in [2.05, 4.69) is 6.92 Å². The van der Waals surface area contributed by atoms with Gasteiger partial charge < -0.3 is 10.0 Å². The molecule has 1 N–H and O–H groups in total. The van der Waals surface area contributed by atoms with E-state index < -0.39 is 6.23 Å². The second kappa shape index (κ2) is 6.16. The number of aliphatic hydroxyl groups excluding tert-OH is 1. The van der Waals surface area contributed by atoms with Crippen LogP contribution in [0.15, 0.2) is 0 Å². The Bertz CT molecular complexity index is 106. The largest absolute Gasteiger partial charge is 0.374 e. The van der Waals surface area contributed by atoms with E-state index in [4.69, 9.17) is 0 Å². The lowest BCUT2D eigenvalue weighted by atomic mass is 10.3. The fourth-order valence-electron chi connectivity index (χ4n) is 0.847. The number of nitrogens with zero attached hydrogens (tertiary/aromatic N) is 1. The first kappa shape index (κ1) is 10.4. The smallest absolute Gasteiger partial charge is 0.211 e. The lowest BCUT2D eigenvalue weighted by Gasteiger charge is -2.22. The highest BCUT2D eigenvalue weighted by Crippen LogP contribution is 1.99. The summed E-state index contributed by atoms with van der Waals surface area (Å²) in [6, 6.07) is 0. The van der Waals surface area contributed by atoms with Crippen molar-refractivity contribution >= 4 is 6.41 Å². The van der Waals surface area contributed by atoms with Crippen LogP contribution < -0.4 is 0 Å². The van der Waals surface area contributed by atoms with Crippen LogP contribution >= 0.6 is 0 Å². The molecular formula is C8H17NO2. The minimum atomic E-state index is -0.598. The molecule has 0 aromatic rings. The Kier molecular flexibility index (Phi) is 5.84. The van der Waals surface area contributed by atoms with E-state index >= 15 is 0 Å². The molecule has 0 aliphatic heterocycles. The maximum absolute atomic E-state index is 10.4. The first-order chi connectivity index (χ1) is 5.26. The Hall–Kier alpha value is -0.570. The summed E-state index contributed by atoms with van der Waals surface area (Å²) >= 11 is 0. The summed E-state index contributed by atoms with van der Waals surface area (Å²) in [5.41, 5.74) is 0. The Morgan fingerprint density at radius 2 is 2.18 bits per heavy atom. The minimum absolute atomic E-state index is 0.598. The summed E-state index contributed by atoms with van der Waals surface area (Å²) in [7, 11) is 0. The van der Waals surface area contributed by atoms with Gasteiger partial charge in [-0.3, -0.25) is 4.79 Å². The van der Waals surface area contributed by atoms with Crippen molar-refractivity contribution in [2.24, 2.45) is 0 Å². The van der Waals surface area contributed by atoms with Gasteiger partial charge in [0.15, 0.2) is 0 Å². The molecule has 3 nitrogen and oxygen atoms in total. The molecule has 66 valence electrons. The van der Waals surface area contributed by atoms with Crippen molar-refractivity contribution < 1.29 is 9.90 Å². The molecule has 0 aromatic carbocycles. The zero-order valence-electron chi connectivity index (χ0n) is 7.29. The highest BCUT2D eigenvalue weighted by molar-refractivity contribution is 5.47. The van der Waals surface area contributed by atoms with Crippen molar-refractivity contribution in [1.29, 1.82) is 0 Å². The first-order valence-electron chi connectivity index (χ1n) is 4.15. The van der Waals surface area contributed by atoms with E-state index in [1.54, 1.807) is 0 Å². The quantitative estimate of drug-likeness (QED) is 0.463. The molecule has 1 unspecified atom stereocenters. The van der Waals surface area contributed by atoms with E-state index in [0.29, 0.717) is 19.4 Å². The van der Waals surface area contributed by atoms with E-state index in [-0.39, 0.29) is 0 Å². The molecular weight excluding hydrogens is 142 g/mol. The number of rotatable bonds is 6. The SMILES string of the molecule is CCCCN(C=O)C(O)CC. The van der Waals surface area contributed by atoms with Gasteiger partial charge in [-0.2, -0.15) is 0 Å². The number of carbonyl (C=O) groups excluding carboxylic acids is 1. The number of hydrogen-bond donors (Lipinski definition) is 1. The summed E-state index contributed by atoms with van der Waals surface area (Å²) in [6.07, 6.45) is 2.71. The molecule has 0 radical (unpaired) electrons. The third-order valence-corrected chi connectivity index (χ3v) is 1.65. The summed E-state index contributed by atoms with van der Waals surface area (Å²) < 4.78 is 0. The van der Waals surface area contributed by atoms with Gasteiger partial charge in [-0.15, -0.1) is 0 Å². The summed E-state index contributed by atoms with van der Waals surface area (Å²) in [5.74, 6) is 0. The molecule has 0 spiro atoms. The van der Waals surface area contributed by atoms with E-state index in [0.717, 1.165) is 12.8 Å². The van der Waals surface area contributed by atoms with Crippen LogP contribution in [0.5, 0.6) is 0 Å². The number of unbranched alkanes of at least 4 members (excludes halogenated alkanes) is 1. The standard InChI is InChI=1S/C8H17NO2/c1-3-5-6-9(7-10)8(11)4-2/h7-8,11H,3-6H2,1-2H3. The van der Waals surface area contributed by atoms with Gasteiger partial charge in [0.2, 0.25) is 6.41 Å².